The molecule has 0 saturated carbocycles. The molecule has 0 heterocycles. The van der Waals surface area contributed by atoms with Crippen molar-refractivity contribution in [3.05, 3.63) is 91.0 Å². The summed E-state index contributed by atoms with van der Waals surface area (Å²) in [5.74, 6) is 1.02. The number of rotatable bonds is 12. The van der Waals surface area contributed by atoms with E-state index in [1.54, 1.807) is 0 Å². The minimum Gasteiger partial charge on any atom is -0.490 e. The number of fused-ring (bicyclic) bond motifs is 3. The first-order chi connectivity index (χ1) is 18.3. The zero-order valence-electron chi connectivity index (χ0n) is 22.5. The number of ether oxygens (including phenoxy) is 1. The topological polar surface area (TPSA) is 9.23 Å². The van der Waals surface area contributed by atoms with Gasteiger partial charge >= 0.3 is 0 Å². The van der Waals surface area contributed by atoms with E-state index in [2.05, 4.69) is 105 Å². The smallest absolute Gasteiger partial charge is 0.128 e. The van der Waals surface area contributed by atoms with E-state index in [1.165, 1.54) is 88.4 Å². The van der Waals surface area contributed by atoms with Crippen molar-refractivity contribution < 1.29 is 4.74 Å². The fourth-order valence-corrected chi connectivity index (χ4v) is 5.67. The van der Waals surface area contributed by atoms with Crippen molar-refractivity contribution >= 4 is 32.3 Å². The number of unbranched alkanes of at least 4 members (excludes halogenated alkanes) is 5. The molecule has 190 valence electrons. The lowest BCUT2D eigenvalue weighted by atomic mass is 9.91. The number of hydrogen-bond donors (Lipinski definition) is 0. The van der Waals surface area contributed by atoms with Crippen LogP contribution in [0, 0.1) is 0 Å². The van der Waals surface area contributed by atoms with Crippen LogP contribution in [-0.2, 0) is 0 Å². The maximum atomic E-state index is 6.97. The Kier molecular flexibility index (Phi) is 8.41. The van der Waals surface area contributed by atoms with Gasteiger partial charge in [0.1, 0.15) is 5.75 Å². The van der Waals surface area contributed by atoms with Gasteiger partial charge in [-0.25, -0.2) is 0 Å². The molecule has 0 aromatic heterocycles. The molecule has 0 bridgehead atoms. The van der Waals surface area contributed by atoms with Crippen molar-refractivity contribution in [1.29, 1.82) is 0 Å². The molecule has 5 aromatic carbocycles. The Bertz CT molecular complexity index is 1460. The molecule has 1 nitrogen and oxygen atoms in total. The fraction of sp³-hybridized carbons (Fsp3) is 0.333. The highest BCUT2D eigenvalue weighted by Crippen LogP contribution is 2.42. The molecule has 0 radical (unpaired) electrons. The maximum absolute atomic E-state index is 6.97. The standard InChI is InChI=1S/C36H40O/c1-3-5-7-9-20-31(19-8-6-4-2)37-35-24-23-27-15-12-13-21-32(27)36(35)33-22-14-18-30-25-28-16-10-11-17-29(28)26-34(30)33/h10-18,21-26,31H,3-9,19-20H2,1-2H3. The normalized spacial score (nSPS) is 12.4. The first-order valence-corrected chi connectivity index (χ1v) is 14.4. The molecule has 37 heavy (non-hydrogen) atoms. The van der Waals surface area contributed by atoms with Crippen molar-refractivity contribution in [2.24, 2.45) is 0 Å². The predicted octanol–water partition coefficient (Wildman–Crippen LogP) is 11.1. The molecule has 0 aliphatic carbocycles. The Labute approximate surface area is 222 Å². The van der Waals surface area contributed by atoms with Crippen LogP contribution in [0.1, 0.15) is 71.6 Å². The Hall–Kier alpha value is -3.32. The second kappa shape index (κ2) is 12.3. The van der Waals surface area contributed by atoms with Gasteiger partial charge < -0.3 is 4.74 Å². The molecule has 0 amide bonds. The summed E-state index contributed by atoms with van der Waals surface area (Å²) in [5, 5.41) is 7.64. The molecule has 0 fully saturated rings. The van der Waals surface area contributed by atoms with Gasteiger partial charge in [0.15, 0.2) is 0 Å². The first kappa shape index (κ1) is 25.3. The highest BCUT2D eigenvalue weighted by Gasteiger charge is 2.18. The molecule has 5 aromatic rings. The molecular formula is C36H40O. The highest BCUT2D eigenvalue weighted by molar-refractivity contribution is 6.10. The molecule has 0 N–H and O–H groups in total. The van der Waals surface area contributed by atoms with Crippen molar-refractivity contribution in [2.45, 2.75) is 77.7 Å². The Balaban J connectivity index is 1.61. The summed E-state index contributed by atoms with van der Waals surface area (Å²) in [6.45, 7) is 4.56. The van der Waals surface area contributed by atoms with E-state index >= 15 is 0 Å². The van der Waals surface area contributed by atoms with Crippen LogP contribution >= 0.6 is 0 Å². The van der Waals surface area contributed by atoms with Gasteiger partial charge in [0, 0.05) is 5.56 Å². The Morgan fingerprint density at radius 3 is 1.97 bits per heavy atom. The summed E-state index contributed by atoms with van der Waals surface area (Å²) in [4.78, 5) is 0. The minimum atomic E-state index is 0.263. The zero-order chi connectivity index (χ0) is 25.5. The molecule has 1 atom stereocenters. The van der Waals surface area contributed by atoms with Crippen molar-refractivity contribution in [3.63, 3.8) is 0 Å². The van der Waals surface area contributed by atoms with Gasteiger partial charge in [-0.3, -0.25) is 0 Å². The Morgan fingerprint density at radius 1 is 0.541 bits per heavy atom. The third-order valence-electron chi connectivity index (χ3n) is 7.71. The summed E-state index contributed by atoms with van der Waals surface area (Å²) < 4.78 is 6.97. The molecular weight excluding hydrogens is 448 g/mol. The van der Waals surface area contributed by atoms with Crippen LogP contribution in [0.5, 0.6) is 5.75 Å². The van der Waals surface area contributed by atoms with Crippen LogP contribution in [-0.4, -0.2) is 6.10 Å². The molecule has 5 rings (SSSR count). The van der Waals surface area contributed by atoms with E-state index in [9.17, 15) is 0 Å². The second-order valence-electron chi connectivity index (χ2n) is 10.5. The Morgan fingerprint density at radius 2 is 1.19 bits per heavy atom. The lowest BCUT2D eigenvalue weighted by molar-refractivity contribution is 0.174. The molecule has 0 aliphatic rings. The number of hydrogen-bond acceptors (Lipinski definition) is 1. The third kappa shape index (κ3) is 5.82. The van der Waals surface area contributed by atoms with E-state index in [-0.39, 0.29) is 6.10 Å². The summed E-state index contributed by atoms with van der Waals surface area (Å²) in [5.41, 5.74) is 2.49. The lowest BCUT2D eigenvalue weighted by Crippen LogP contribution is -2.17. The number of benzene rings is 5. The van der Waals surface area contributed by atoms with Crippen LogP contribution in [0.4, 0.5) is 0 Å². The van der Waals surface area contributed by atoms with Gasteiger partial charge in [0.25, 0.3) is 0 Å². The van der Waals surface area contributed by atoms with Crippen LogP contribution < -0.4 is 4.74 Å². The van der Waals surface area contributed by atoms with E-state index in [1.807, 2.05) is 0 Å². The first-order valence-electron chi connectivity index (χ1n) is 14.4. The molecule has 1 unspecified atom stereocenters. The van der Waals surface area contributed by atoms with Crippen molar-refractivity contribution in [3.8, 4) is 16.9 Å². The third-order valence-corrected chi connectivity index (χ3v) is 7.71. The highest BCUT2D eigenvalue weighted by atomic mass is 16.5. The van der Waals surface area contributed by atoms with Crippen molar-refractivity contribution in [1.82, 2.24) is 0 Å². The second-order valence-corrected chi connectivity index (χ2v) is 10.5. The SMILES string of the molecule is CCCCCCC(CCCCC)Oc1ccc2ccccc2c1-c1cccc2cc3ccccc3cc12. The van der Waals surface area contributed by atoms with Gasteiger partial charge in [0.05, 0.1) is 6.10 Å². The monoisotopic (exact) mass is 488 g/mol. The van der Waals surface area contributed by atoms with E-state index in [4.69, 9.17) is 4.74 Å². The molecule has 0 saturated heterocycles. The molecule has 0 spiro atoms. The predicted molar refractivity (Wildman–Crippen MR) is 162 cm³/mol. The zero-order valence-corrected chi connectivity index (χ0v) is 22.5. The van der Waals surface area contributed by atoms with Gasteiger partial charge in [-0.2, -0.15) is 0 Å². The van der Waals surface area contributed by atoms with Crippen LogP contribution in [0.25, 0.3) is 43.4 Å². The van der Waals surface area contributed by atoms with Crippen molar-refractivity contribution in [2.75, 3.05) is 0 Å². The average molecular weight is 489 g/mol. The fourth-order valence-electron chi connectivity index (χ4n) is 5.67. The van der Waals surface area contributed by atoms with Crippen LogP contribution in [0.15, 0.2) is 91.0 Å². The summed E-state index contributed by atoms with van der Waals surface area (Å²) in [6, 6.07) is 33.2. The van der Waals surface area contributed by atoms with Crippen LogP contribution in [0.3, 0.4) is 0 Å². The van der Waals surface area contributed by atoms with E-state index in [0.29, 0.717) is 0 Å². The summed E-state index contributed by atoms with van der Waals surface area (Å²) in [6.07, 6.45) is 11.4. The summed E-state index contributed by atoms with van der Waals surface area (Å²) in [7, 11) is 0. The van der Waals surface area contributed by atoms with E-state index in [0.717, 1.165) is 18.6 Å². The van der Waals surface area contributed by atoms with E-state index < -0.39 is 0 Å². The molecule has 0 aliphatic heterocycles. The largest absolute Gasteiger partial charge is 0.490 e. The van der Waals surface area contributed by atoms with Gasteiger partial charge in [-0.15, -0.1) is 0 Å². The lowest BCUT2D eigenvalue weighted by Gasteiger charge is -2.23. The minimum absolute atomic E-state index is 0.263. The van der Waals surface area contributed by atoms with Crippen LogP contribution in [0.2, 0.25) is 0 Å². The average Bonchev–Trinajstić information content (AvgIpc) is 2.94. The van der Waals surface area contributed by atoms with Gasteiger partial charge in [-0.05, 0) is 81.8 Å². The quantitative estimate of drug-likeness (QED) is 0.125. The van der Waals surface area contributed by atoms with Gasteiger partial charge in [0.2, 0.25) is 0 Å². The molecule has 1 heteroatoms. The maximum Gasteiger partial charge on any atom is 0.128 e. The summed E-state index contributed by atoms with van der Waals surface area (Å²) >= 11 is 0. The van der Waals surface area contributed by atoms with Gasteiger partial charge in [-0.1, -0.05) is 119 Å².